The number of nitrogens with zero attached hydrogens (tertiary/aromatic N) is 2. The van der Waals surface area contributed by atoms with Gasteiger partial charge in [-0.1, -0.05) is 23.2 Å². The molecule has 2 aliphatic rings. The Hall–Kier alpha value is -1.79. The van der Waals surface area contributed by atoms with E-state index in [4.69, 9.17) is 23.2 Å². The third kappa shape index (κ3) is 2.88. The lowest BCUT2D eigenvalue weighted by Gasteiger charge is -2.42. The monoisotopic (exact) mass is 355 g/mol. The maximum Gasteiger partial charge on any atom is 0.254 e. The molecule has 1 aromatic rings. The van der Waals surface area contributed by atoms with Crippen molar-refractivity contribution in [1.29, 1.82) is 0 Å². The Morgan fingerprint density at radius 3 is 2.52 bits per heavy atom. The second kappa shape index (κ2) is 6.02. The van der Waals surface area contributed by atoms with Crippen molar-refractivity contribution in [2.24, 2.45) is 0 Å². The maximum absolute atomic E-state index is 12.7. The zero-order chi connectivity index (χ0) is 16.7. The molecule has 3 amide bonds. The molecule has 0 spiro atoms. The van der Waals surface area contributed by atoms with Crippen molar-refractivity contribution in [1.82, 2.24) is 15.1 Å². The Kier molecular flexibility index (Phi) is 4.21. The summed E-state index contributed by atoms with van der Waals surface area (Å²) in [5.74, 6) is -0.607. The number of amides is 3. The third-order valence-corrected chi connectivity index (χ3v) is 5.02. The van der Waals surface area contributed by atoms with Gasteiger partial charge < -0.3 is 15.1 Å². The largest absolute Gasteiger partial charge is 0.345 e. The summed E-state index contributed by atoms with van der Waals surface area (Å²) in [6.07, 6.45) is 0. The standard InChI is InChI=1S/C15H15Cl2N3O3/c1-8-10(16)4-9(5-11(8)17)15(23)19-2-3-20-12(7-19)14(22)18-6-13(20)21/h4-5,12H,2-3,6-7H2,1H3,(H,18,22). The molecule has 2 saturated heterocycles. The molecule has 1 atom stereocenters. The highest BCUT2D eigenvalue weighted by Crippen LogP contribution is 2.27. The van der Waals surface area contributed by atoms with Crippen LogP contribution in [-0.4, -0.2) is 59.7 Å². The van der Waals surface area contributed by atoms with Crippen molar-refractivity contribution in [3.8, 4) is 0 Å². The van der Waals surface area contributed by atoms with E-state index in [2.05, 4.69) is 5.32 Å². The second-order valence-corrected chi connectivity index (χ2v) is 6.45. The normalized spacial score (nSPS) is 21.1. The number of nitrogens with one attached hydrogen (secondary N) is 1. The summed E-state index contributed by atoms with van der Waals surface area (Å²) in [6.45, 7) is 2.68. The fourth-order valence-corrected chi connectivity index (χ4v) is 3.31. The Morgan fingerprint density at radius 2 is 1.87 bits per heavy atom. The predicted octanol–water partition coefficient (Wildman–Crippen LogP) is 1.08. The Bertz CT molecular complexity index is 684. The number of carbonyl (C=O) groups excluding carboxylic acids is 3. The molecular weight excluding hydrogens is 341 g/mol. The zero-order valence-electron chi connectivity index (χ0n) is 12.4. The Balaban J connectivity index is 1.81. The summed E-state index contributed by atoms with van der Waals surface area (Å²) in [4.78, 5) is 39.5. The van der Waals surface area contributed by atoms with E-state index in [0.717, 1.165) is 0 Å². The lowest BCUT2D eigenvalue weighted by molar-refractivity contribution is -0.148. The van der Waals surface area contributed by atoms with E-state index in [-0.39, 0.29) is 30.8 Å². The molecule has 0 aromatic heterocycles. The molecule has 2 fully saturated rings. The first kappa shape index (κ1) is 16.1. The minimum Gasteiger partial charge on any atom is -0.345 e. The first-order valence-electron chi connectivity index (χ1n) is 7.20. The third-order valence-electron chi connectivity index (χ3n) is 4.23. The average Bonchev–Trinajstić information content (AvgIpc) is 2.54. The molecule has 0 aliphatic carbocycles. The molecule has 1 N–H and O–H groups in total. The number of benzene rings is 1. The second-order valence-electron chi connectivity index (χ2n) is 5.64. The van der Waals surface area contributed by atoms with Crippen molar-refractivity contribution in [2.75, 3.05) is 26.2 Å². The molecule has 2 aliphatic heterocycles. The van der Waals surface area contributed by atoms with Crippen LogP contribution in [-0.2, 0) is 9.59 Å². The van der Waals surface area contributed by atoms with Crippen molar-refractivity contribution in [3.05, 3.63) is 33.3 Å². The topological polar surface area (TPSA) is 69.7 Å². The van der Waals surface area contributed by atoms with Gasteiger partial charge in [0.25, 0.3) is 5.91 Å². The van der Waals surface area contributed by atoms with E-state index >= 15 is 0 Å². The number of fused-ring (bicyclic) bond motifs is 1. The fourth-order valence-electron chi connectivity index (χ4n) is 2.82. The van der Waals surface area contributed by atoms with Gasteiger partial charge in [0.15, 0.2) is 0 Å². The van der Waals surface area contributed by atoms with Gasteiger partial charge in [-0.05, 0) is 24.6 Å². The predicted molar refractivity (Wildman–Crippen MR) is 85.6 cm³/mol. The molecule has 6 nitrogen and oxygen atoms in total. The minimum atomic E-state index is -0.634. The van der Waals surface area contributed by atoms with E-state index in [1.54, 1.807) is 24.0 Å². The lowest BCUT2D eigenvalue weighted by Crippen LogP contribution is -2.66. The maximum atomic E-state index is 12.7. The molecule has 1 unspecified atom stereocenters. The number of rotatable bonds is 1. The first-order chi connectivity index (χ1) is 10.9. The fraction of sp³-hybridized carbons (Fsp3) is 0.400. The van der Waals surface area contributed by atoms with Crippen LogP contribution in [0.4, 0.5) is 0 Å². The quantitative estimate of drug-likeness (QED) is 0.819. The van der Waals surface area contributed by atoms with Gasteiger partial charge in [0.05, 0.1) is 13.1 Å². The van der Waals surface area contributed by atoms with Crippen LogP contribution in [0.25, 0.3) is 0 Å². The van der Waals surface area contributed by atoms with E-state index in [1.165, 1.54) is 4.90 Å². The van der Waals surface area contributed by atoms with Gasteiger partial charge in [0.1, 0.15) is 6.04 Å². The number of hydrogen-bond donors (Lipinski definition) is 1. The molecule has 122 valence electrons. The summed E-state index contributed by atoms with van der Waals surface area (Å²) in [5, 5.41) is 3.39. The van der Waals surface area contributed by atoms with Crippen LogP contribution >= 0.6 is 23.2 Å². The Morgan fingerprint density at radius 1 is 1.22 bits per heavy atom. The molecule has 8 heteroatoms. The number of carbonyl (C=O) groups is 3. The highest BCUT2D eigenvalue weighted by atomic mass is 35.5. The molecule has 3 rings (SSSR count). The molecular formula is C15H15Cl2N3O3. The van der Waals surface area contributed by atoms with E-state index in [1.807, 2.05) is 0 Å². The molecule has 0 bridgehead atoms. The van der Waals surface area contributed by atoms with Crippen molar-refractivity contribution >= 4 is 40.9 Å². The molecule has 0 saturated carbocycles. The number of piperazine rings is 2. The van der Waals surface area contributed by atoms with Crippen LogP contribution in [0.3, 0.4) is 0 Å². The summed E-state index contributed by atoms with van der Waals surface area (Å²) in [5.41, 5.74) is 1.09. The molecule has 1 aromatic carbocycles. The van der Waals surface area contributed by atoms with E-state index in [0.29, 0.717) is 34.3 Å². The van der Waals surface area contributed by atoms with Gasteiger partial charge in [-0.3, -0.25) is 14.4 Å². The van der Waals surface area contributed by atoms with Crippen LogP contribution in [0.1, 0.15) is 15.9 Å². The summed E-state index contributed by atoms with van der Waals surface area (Å²) >= 11 is 12.2. The summed E-state index contributed by atoms with van der Waals surface area (Å²) in [6, 6.07) is 2.51. The number of halogens is 2. The van der Waals surface area contributed by atoms with Gasteiger partial charge in [-0.25, -0.2) is 0 Å². The SMILES string of the molecule is Cc1c(Cl)cc(C(=O)N2CCN3C(=O)CNC(=O)C3C2)cc1Cl. The molecule has 0 radical (unpaired) electrons. The Labute approximate surface area is 143 Å². The first-order valence-corrected chi connectivity index (χ1v) is 7.96. The van der Waals surface area contributed by atoms with Gasteiger partial charge >= 0.3 is 0 Å². The van der Waals surface area contributed by atoms with E-state index < -0.39 is 6.04 Å². The highest BCUT2D eigenvalue weighted by molar-refractivity contribution is 6.36. The average molecular weight is 356 g/mol. The highest BCUT2D eigenvalue weighted by Gasteiger charge is 2.40. The number of hydrogen-bond acceptors (Lipinski definition) is 3. The zero-order valence-corrected chi connectivity index (χ0v) is 13.9. The smallest absolute Gasteiger partial charge is 0.254 e. The summed E-state index contributed by atoms with van der Waals surface area (Å²) in [7, 11) is 0. The van der Waals surface area contributed by atoms with E-state index in [9.17, 15) is 14.4 Å². The molecule has 23 heavy (non-hydrogen) atoms. The van der Waals surface area contributed by atoms with Gasteiger partial charge in [-0.15, -0.1) is 0 Å². The van der Waals surface area contributed by atoms with Crippen molar-refractivity contribution < 1.29 is 14.4 Å². The van der Waals surface area contributed by atoms with Crippen LogP contribution in [0, 0.1) is 6.92 Å². The van der Waals surface area contributed by atoms with Crippen molar-refractivity contribution in [2.45, 2.75) is 13.0 Å². The van der Waals surface area contributed by atoms with Gasteiger partial charge in [-0.2, -0.15) is 0 Å². The summed E-state index contributed by atoms with van der Waals surface area (Å²) < 4.78 is 0. The lowest BCUT2D eigenvalue weighted by atomic mass is 10.1. The van der Waals surface area contributed by atoms with Crippen LogP contribution < -0.4 is 5.32 Å². The van der Waals surface area contributed by atoms with Crippen LogP contribution in [0.5, 0.6) is 0 Å². The minimum absolute atomic E-state index is 0.0203. The van der Waals surface area contributed by atoms with Gasteiger partial charge in [0, 0.05) is 28.7 Å². The molecule has 2 heterocycles. The van der Waals surface area contributed by atoms with Crippen LogP contribution in [0.15, 0.2) is 12.1 Å². The van der Waals surface area contributed by atoms with Gasteiger partial charge in [0.2, 0.25) is 11.8 Å². The van der Waals surface area contributed by atoms with Crippen LogP contribution in [0.2, 0.25) is 10.0 Å². The van der Waals surface area contributed by atoms with Crippen molar-refractivity contribution in [3.63, 3.8) is 0 Å².